The predicted molar refractivity (Wildman–Crippen MR) is 167 cm³/mol. The van der Waals surface area contributed by atoms with Crippen molar-refractivity contribution in [2.75, 3.05) is 26.0 Å². The van der Waals surface area contributed by atoms with Crippen molar-refractivity contribution < 1.29 is 27.9 Å². The van der Waals surface area contributed by atoms with Crippen molar-refractivity contribution in [3.63, 3.8) is 0 Å². The Morgan fingerprint density at radius 1 is 0.907 bits per heavy atom. The molecule has 0 aliphatic rings. The van der Waals surface area contributed by atoms with E-state index < -0.39 is 34.1 Å². The minimum Gasteiger partial charge on any atom is -0.453 e. The molecule has 0 radical (unpaired) electrons. The Morgan fingerprint density at radius 2 is 1.47 bits per heavy atom. The number of nitrogens with one attached hydrogen (secondary N) is 2. The molecule has 232 valence electrons. The molecule has 3 rings (SSSR count). The first-order valence-electron chi connectivity index (χ1n) is 14.3. The summed E-state index contributed by atoms with van der Waals surface area (Å²) in [5, 5.41) is 15.8. The van der Waals surface area contributed by atoms with Gasteiger partial charge in [-0.05, 0) is 61.6 Å². The first-order chi connectivity index (χ1) is 20.6. The summed E-state index contributed by atoms with van der Waals surface area (Å²) < 4.78 is 32.7. The maximum atomic E-state index is 13.7. The molecule has 3 aromatic rings. The van der Waals surface area contributed by atoms with E-state index in [0.29, 0.717) is 24.9 Å². The molecule has 3 atom stereocenters. The number of aliphatic hydroxyl groups excluding tert-OH is 1. The van der Waals surface area contributed by atoms with Gasteiger partial charge in [0.05, 0.1) is 18.6 Å². The van der Waals surface area contributed by atoms with Crippen LogP contribution in [-0.2, 0) is 19.6 Å². The summed E-state index contributed by atoms with van der Waals surface area (Å²) in [6.45, 7) is 3.42. The van der Waals surface area contributed by atoms with Gasteiger partial charge in [0.1, 0.15) is 6.04 Å². The van der Waals surface area contributed by atoms with E-state index in [9.17, 15) is 23.1 Å². The number of nitrogen functional groups attached to an aromatic ring is 1. The summed E-state index contributed by atoms with van der Waals surface area (Å²) in [5.41, 5.74) is 7.88. The van der Waals surface area contributed by atoms with Crippen molar-refractivity contribution in [3.05, 3.63) is 96.1 Å². The topological polar surface area (TPSA) is 151 Å². The van der Waals surface area contributed by atoms with Crippen LogP contribution in [0.3, 0.4) is 0 Å². The lowest BCUT2D eigenvalue weighted by molar-refractivity contribution is -0.124. The highest BCUT2D eigenvalue weighted by Gasteiger charge is 2.34. The summed E-state index contributed by atoms with van der Waals surface area (Å²) in [6, 6.07) is 23.0. The largest absolute Gasteiger partial charge is 0.453 e. The van der Waals surface area contributed by atoms with Gasteiger partial charge in [-0.25, -0.2) is 13.2 Å². The Hall–Kier alpha value is -3.93. The van der Waals surface area contributed by atoms with Crippen LogP contribution in [0.15, 0.2) is 89.8 Å². The molecule has 5 N–H and O–H groups in total. The second-order valence-electron chi connectivity index (χ2n) is 10.4. The van der Waals surface area contributed by atoms with E-state index >= 15 is 0 Å². The molecule has 11 heteroatoms. The lowest BCUT2D eigenvalue weighted by Crippen LogP contribution is -2.52. The van der Waals surface area contributed by atoms with Crippen molar-refractivity contribution in [1.82, 2.24) is 14.9 Å². The molecule has 0 bridgehead atoms. The number of alkyl carbamates (subject to hydrolysis) is 1. The summed E-state index contributed by atoms with van der Waals surface area (Å²) in [7, 11) is -2.59. The van der Waals surface area contributed by atoms with Crippen LogP contribution in [0.1, 0.15) is 50.2 Å². The molecule has 0 aliphatic heterocycles. The smallest absolute Gasteiger partial charge is 0.407 e. The molecule has 10 nitrogen and oxygen atoms in total. The number of anilines is 1. The van der Waals surface area contributed by atoms with E-state index in [-0.39, 0.29) is 30.0 Å². The van der Waals surface area contributed by atoms with Gasteiger partial charge < -0.3 is 26.2 Å². The molecule has 2 amide bonds. The molecule has 3 aromatic carbocycles. The molecule has 0 aliphatic carbocycles. The third-order valence-corrected chi connectivity index (χ3v) is 9.41. The fraction of sp³-hybridized carbons (Fsp3) is 0.375. The number of nitrogens with zero attached hydrogens (tertiary/aromatic N) is 1. The molecule has 0 spiro atoms. The monoisotopic (exact) mass is 610 g/mol. The molecular weight excluding hydrogens is 568 g/mol. The number of sulfonamides is 1. The van der Waals surface area contributed by atoms with E-state index in [0.717, 1.165) is 11.1 Å². The van der Waals surface area contributed by atoms with Crippen LogP contribution < -0.4 is 16.4 Å². The number of ether oxygens (including phenoxy) is 1. The van der Waals surface area contributed by atoms with Crippen LogP contribution in [0, 0.1) is 0 Å². The Bertz CT molecular complexity index is 1370. The Balaban J connectivity index is 1.72. The van der Waals surface area contributed by atoms with Crippen LogP contribution in [0.2, 0.25) is 0 Å². The number of carbonyl (C=O) groups excluding carboxylic acids is 2. The summed E-state index contributed by atoms with van der Waals surface area (Å²) in [5.74, 6) is -0.862. The zero-order valence-electron chi connectivity index (χ0n) is 24.8. The van der Waals surface area contributed by atoms with Crippen LogP contribution in [0.5, 0.6) is 0 Å². The van der Waals surface area contributed by atoms with Gasteiger partial charge in [0.15, 0.2) is 0 Å². The number of nitrogens with two attached hydrogens (primary N) is 1. The summed E-state index contributed by atoms with van der Waals surface area (Å²) >= 11 is 0. The zero-order chi connectivity index (χ0) is 31.4. The van der Waals surface area contributed by atoms with Crippen molar-refractivity contribution in [1.29, 1.82) is 0 Å². The predicted octanol–water partition coefficient (Wildman–Crippen LogP) is 3.87. The van der Waals surface area contributed by atoms with Gasteiger partial charge in [-0.3, -0.25) is 4.79 Å². The van der Waals surface area contributed by atoms with E-state index in [1.54, 1.807) is 6.92 Å². The van der Waals surface area contributed by atoms with Gasteiger partial charge in [0, 0.05) is 30.2 Å². The van der Waals surface area contributed by atoms with Gasteiger partial charge in [-0.1, -0.05) is 67.6 Å². The fourth-order valence-corrected chi connectivity index (χ4v) is 6.83. The molecule has 43 heavy (non-hydrogen) atoms. The Kier molecular flexibility index (Phi) is 12.5. The lowest BCUT2D eigenvalue weighted by Gasteiger charge is -2.30. The zero-order valence-corrected chi connectivity index (χ0v) is 25.7. The Labute approximate surface area is 254 Å². The first kappa shape index (κ1) is 33.6. The number of carbonyl (C=O) groups is 2. The van der Waals surface area contributed by atoms with Gasteiger partial charge in [-0.2, -0.15) is 4.31 Å². The number of methoxy groups -OCH3 is 1. The highest BCUT2D eigenvalue weighted by atomic mass is 32.2. The van der Waals surface area contributed by atoms with Crippen LogP contribution in [0.4, 0.5) is 10.5 Å². The number of aliphatic hydroxyl groups is 1. The van der Waals surface area contributed by atoms with Crippen molar-refractivity contribution >= 4 is 27.7 Å². The number of rotatable bonds is 15. The van der Waals surface area contributed by atoms with Crippen molar-refractivity contribution in [3.8, 4) is 0 Å². The quantitative estimate of drug-likeness (QED) is 0.191. The minimum absolute atomic E-state index is 0.109. The average molecular weight is 611 g/mol. The number of hydrogen-bond donors (Lipinski definition) is 4. The molecule has 0 aromatic heterocycles. The highest BCUT2D eigenvalue weighted by molar-refractivity contribution is 7.89. The molecule has 0 saturated heterocycles. The number of hydrogen-bond acceptors (Lipinski definition) is 7. The Morgan fingerprint density at radius 3 is 1.95 bits per heavy atom. The summed E-state index contributed by atoms with van der Waals surface area (Å²) in [4.78, 5) is 26.2. The van der Waals surface area contributed by atoms with Gasteiger partial charge in [0.25, 0.3) is 0 Å². The fourth-order valence-electron chi connectivity index (χ4n) is 5.17. The number of amides is 2. The normalized spacial score (nSPS) is 13.7. The van der Waals surface area contributed by atoms with Crippen molar-refractivity contribution in [2.24, 2.45) is 0 Å². The second-order valence-corrected chi connectivity index (χ2v) is 12.3. The molecule has 0 heterocycles. The van der Waals surface area contributed by atoms with Gasteiger partial charge in [-0.15, -0.1) is 0 Å². The maximum Gasteiger partial charge on any atom is 0.407 e. The number of likely N-dealkylation sites (N-methyl/N-ethyl adjacent to an activating group) is 1. The third kappa shape index (κ3) is 9.03. The standard InChI is InChI=1S/C32H42N4O6S/c1-4-36(43(40,41)28-20-18-26(33)19-21-28)27(22-37)17-11-12-23(2)34-31(38)30(35-32(39)42-3)29(24-13-7-5-8-14-24)25-15-9-6-10-16-25/h5-10,13-16,18-21,23,27,29-30,37H,4,11-12,17,22,33H2,1-3H3,(H,34,38)(H,35,39)/t23-,27-,30-/m0/s1. The van der Waals surface area contributed by atoms with E-state index in [1.165, 1.54) is 35.7 Å². The van der Waals surface area contributed by atoms with Crippen LogP contribution >= 0.6 is 0 Å². The van der Waals surface area contributed by atoms with Crippen LogP contribution in [-0.4, -0.2) is 68.2 Å². The molecular formula is C32H42N4O6S. The molecule has 0 fully saturated rings. The maximum absolute atomic E-state index is 13.7. The SMILES string of the molecule is CCN([C@H](CO)CCC[C@H](C)NC(=O)[C@@H](NC(=O)OC)C(c1ccccc1)c1ccccc1)S(=O)(=O)c1ccc(N)cc1. The first-order valence-corrected chi connectivity index (χ1v) is 15.8. The second kappa shape index (κ2) is 16.1. The third-order valence-electron chi connectivity index (χ3n) is 7.37. The van der Waals surface area contributed by atoms with Gasteiger partial charge >= 0.3 is 6.09 Å². The molecule has 0 unspecified atom stereocenters. The van der Waals surface area contributed by atoms with Crippen LogP contribution in [0.25, 0.3) is 0 Å². The number of benzene rings is 3. The van der Waals surface area contributed by atoms with E-state index in [1.807, 2.05) is 67.6 Å². The van der Waals surface area contributed by atoms with E-state index in [4.69, 9.17) is 10.5 Å². The summed E-state index contributed by atoms with van der Waals surface area (Å²) in [6.07, 6.45) is 0.723. The minimum atomic E-state index is -3.84. The van der Waals surface area contributed by atoms with Crippen molar-refractivity contribution in [2.45, 2.75) is 62.0 Å². The van der Waals surface area contributed by atoms with Gasteiger partial charge in [0.2, 0.25) is 15.9 Å². The average Bonchev–Trinajstić information content (AvgIpc) is 3.01. The lowest BCUT2D eigenvalue weighted by atomic mass is 9.84. The van der Waals surface area contributed by atoms with E-state index in [2.05, 4.69) is 10.6 Å². The molecule has 0 saturated carbocycles. The highest BCUT2D eigenvalue weighted by Crippen LogP contribution is 2.29.